The summed E-state index contributed by atoms with van der Waals surface area (Å²) < 4.78 is 4.27. The molecule has 3 aliphatic rings. The molecular formula is C43H52N8O5S. The summed E-state index contributed by atoms with van der Waals surface area (Å²) >= 11 is 1.68. The molecule has 57 heavy (non-hydrogen) atoms. The number of hydrogen-bond acceptors (Lipinski definition) is 11. The number of thiazole rings is 1. The van der Waals surface area contributed by atoms with E-state index in [2.05, 4.69) is 38.2 Å². The van der Waals surface area contributed by atoms with E-state index in [9.17, 15) is 24.3 Å². The molecule has 0 bridgehead atoms. The average Bonchev–Trinajstić information content (AvgIpc) is 3.72. The first-order valence-electron chi connectivity index (χ1n) is 20.2. The molecule has 4 heterocycles. The number of rotatable bonds is 9. The lowest BCUT2D eigenvalue weighted by molar-refractivity contribution is -0.132. The summed E-state index contributed by atoms with van der Waals surface area (Å²) in [7, 11) is 4.04. The summed E-state index contributed by atoms with van der Waals surface area (Å²) in [5, 5.41) is 15.1. The molecule has 13 nitrogen and oxygen atoms in total. The Kier molecular flexibility index (Phi) is 10.6. The summed E-state index contributed by atoms with van der Waals surface area (Å²) in [5.41, 5.74) is 4.09. The zero-order valence-corrected chi connectivity index (χ0v) is 34.3. The van der Waals surface area contributed by atoms with Crippen LogP contribution in [-0.2, 0) is 22.2 Å². The fourth-order valence-electron chi connectivity index (χ4n) is 9.34. The number of amides is 1. The first kappa shape index (κ1) is 39.1. The maximum absolute atomic E-state index is 13.5. The summed E-state index contributed by atoms with van der Waals surface area (Å²) in [6, 6.07) is 9.70. The normalized spacial score (nSPS) is 21.2. The minimum atomic E-state index is -1.19. The molecule has 2 aliphatic carbocycles. The molecule has 1 amide bonds. The van der Waals surface area contributed by atoms with E-state index in [-0.39, 0.29) is 35.3 Å². The third kappa shape index (κ3) is 7.79. The predicted molar refractivity (Wildman–Crippen MR) is 222 cm³/mol. The van der Waals surface area contributed by atoms with E-state index in [4.69, 9.17) is 4.98 Å². The molecule has 14 heteroatoms. The average molecular weight is 793 g/mol. The minimum absolute atomic E-state index is 0.0477. The molecule has 300 valence electrons. The number of aliphatic hydroxyl groups is 1. The van der Waals surface area contributed by atoms with Gasteiger partial charge in [-0.3, -0.25) is 28.5 Å². The van der Waals surface area contributed by atoms with Gasteiger partial charge in [0.2, 0.25) is 0 Å². The number of ketones is 2. The standard InChI is InChI=1S/C43H52N8O5S/c1-25-22-44-23-33(45-25)40(54)46-31-21-38-32(20-30(31)43(2,3)56)47-41(57-38)27-11-9-26(10-12-27)24-48(4)28-15-17-50(18-16-28)35-7-6-8-36-39(35)49(5)42(55)51(36)34-14-13-29(52)19-37(34)53/h6-8,20-23,26-28,34,56H,9-19,24H2,1-5H3,(H,46,54). The van der Waals surface area contributed by atoms with E-state index < -0.39 is 11.6 Å². The van der Waals surface area contributed by atoms with Crippen molar-refractivity contribution in [1.29, 1.82) is 0 Å². The second-order valence-electron chi connectivity index (χ2n) is 16.9. The van der Waals surface area contributed by atoms with Crippen LogP contribution in [0.2, 0.25) is 0 Å². The van der Waals surface area contributed by atoms with Gasteiger partial charge >= 0.3 is 5.69 Å². The highest BCUT2D eigenvalue weighted by Crippen LogP contribution is 2.42. The van der Waals surface area contributed by atoms with Crippen LogP contribution in [0.5, 0.6) is 0 Å². The molecule has 3 aromatic heterocycles. The fourth-order valence-corrected chi connectivity index (χ4v) is 10.5. The van der Waals surface area contributed by atoms with Crippen molar-refractivity contribution in [3.63, 3.8) is 0 Å². The number of aryl methyl sites for hydroxylation is 2. The number of anilines is 2. The van der Waals surface area contributed by atoms with Gasteiger partial charge in [0.25, 0.3) is 5.91 Å². The maximum atomic E-state index is 13.5. The Bertz CT molecular complexity index is 2410. The quantitative estimate of drug-likeness (QED) is 0.163. The van der Waals surface area contributed by atoms with E-state index >= 15 is 0 Å². The number of piperidine rings is 1. The molecule has 2 N–H and O–H groups in total. The zero-order chi connectivity index (χ0) is 40.2. The van der Waals surface area contributed by atoms with Crippen molar-refractivity contribution in [2.45, 2.75) is 102 Å². The molecule has 5 aromatic rings. The molecule has 2 aromatic carbocycles. The first-order chi connectivity index (χ1) is 27.2. The van der Waals surface area contributed by atoms with Gasteiger partial charge in [-0.2, -0.15) is 0 Å². The van der Waals surface area contributed by atoms with Crippen LogP contribution in [0.4, 0.5) is 11.4 Å². The van der Waals surface area contributed by atoms with Crippen molar-refractivity contribution in [2.24, 2.45) is 13.0 Å². The smallest absolute Gasteiger partial charge is 0.329 e. The molecule has 1 saturated heterocycles. The molecule has 1 aliphatic heterocycles. The number of Topliss-reactive ketones (excluding diaryl/α,β-unsaturated/α-hetero) is 2. The summed E-state index contributed by atoms with van der Waals surface area (Å²) in [5.74, 6) is 0.406. The van der Waals surface area contributed by atoms with Crippen LogP contribution >= 0.6 is 11.3 Å². The molecule has 1 atom stereocenters. The number of aromatic nitrogens is 5. The Hall–Kier alpha value is -4.79. The van der Waals surface area contributed by atoms with E-state index in [1.165, 1.54) is 6.20 Å². The highest BCUT2D eigenvalue weighted by Gasteiger charge is 2.34. The van der Waals surface area contributed by atoms with Crippen molar-refractivity contribution >= 4 is 61.4 Å². The number of nitrogens with zero attached hydrogens (tertiary/aromatic N) is 7. The SMILES string of the molecule is Cc1cncc(C(=O)Nc2cc3sc(C4CCC(CN(C)C5CCN(c6cccc7c6n(C)c(=O)n7C6CCC(=O)CC6=O)CC5)CC4)nc3cc2C(C)(C)O)n1. The number of para-hydroxylation sites is 1. The highest BCUT2D eigenvalue weighted by molar-refractivity contribution is 7.18. The fraction of sp³-hybridized carbons (Fsp3) is 0.512. The van der Waals surface area contributed by atoms with Crippen LogP contribution in [0.1, 0.15) is 110 Å². The van der Waals surface area contributed by atoms with Crippen molar-refractivity contribution in [1.82, 2.24) is 29.0 Å². The molecule has 0 radical (unpaired) electrons. The summed E-state index contributed by atoms with van der Waals surface area (Å²) in [4.78, 5) is 69.8. The number of carbonyl (C=O) groups excluding carboxylic acids is 3. The van der Waals surface area contributed by atoms with Crippen molar-refractivity contribution in [2.75, 3.05) is 36.9 Å². The Morgan fingerprint density at radius 1 is 1.02 bits per heavy atom. The van der Waals surface area contributed by atoms with E-state index in [0.29, 0.717) is 47.7 Å². The van der Waals surface area contributed by atoms with Gasteiger partial charge in [-0.1, -0.05) is 6.07 Å². The monoisotopic (exact) mass is 792 g/mol. The number of imidazole rings is 1. The van der Waals surface area contributed by atoms with Gasteiger partial charge in [-0.05, 0) is 103 Å². The second-order valence-corrected chi connectivity index (χ2v) is 18.0. The van der Waals surface area contributed by atoms with Gasteiger partial charge in [-0.25, -0.2) is 14.8 Å². The lowest BCUT2D eigenvalue weighted by Gasteiger charge is -2.40. The zero-order valence-electron chi connectivity index (χ0n) is 33.5. The first-order valence-corrected chi connectivity index (χ1v) is 21.0. The third-order valence-corrected chi connectivity index (χ3v) is 13.6. The number of fused-ring (bicyclic) bond motifs is 2. The highest BCUT2D eigenvalue weighted by atomic mass is 32.1. The number of benzene rings is 2. The largest absolute Gasteiger partial charge is 0.386 e. The number of carbonyl (C=O) groups is 3. The summed E-state index contributed by atoms with van der Waals surface area (Å²) in [6.07, 6.45) is 10.1. The third-order valence-electron chi connectivity index (χ3n) is 12.4. The van der Waals surface area contributed by atoms with Gasteiger partial charge in [0, 0.05) is 62.5 Å². The Labute approximate surface area is 336 Å². The van der Waals surface area contributed by atoms with Crippen LogP contribution in [0, 0.1) is 12.8 Å². The van der Waals surface area contributed by atoms with E-state index in [1.807, 2.05) is 24.3 Å². The van der Waals surface area contributed by atoms with Crippen LogP contribution in [0.15, 0.2) is 47.5 Å². The van der Waals surface area contributed by atoms with Crippen LogP contribution in [-0.4, -0.2) is 84.3 Å². The molecule has 2 saturated carbocycles. The Morgan fingerprint density at radius 3 is 2.47 bits per heavy atom. The van der Waals surface area contributed by atoms with Gasteiger partial charge in [0.1, 0.15) is 11.5 Å². The molecule has 0 spiro atoms. The lowest BCUT2D eigenvalue weighted by Crippen LogP contribution is -2.45. The van der Waals surface area contributed by atoms with Crippen LogP contribution < -0.4 is 15.9 Å². The maximum Gasteiger partial charge on any atom is 0.329 e. The van der Waals surface area contributed by atoms with Gasteiger partial charge in [0.05, 0.1) is 61.9 Å². The lowest BCUT2D eigenvalue weighted by atomic mass is 9.82. The van der Waals surface area contributed by atoms with Crippen LogP contribution in [0.3, 0.4) is 0 Å². The van der Waals surface area contributed by atoms with Crippen molar-refractivity contribution in [3.05, 3.63) is 75.2 Å². The van der Waals surface area contributed by atoms with E-state index in [0.717, 1.165) is 90.1 Å². The minimum Gasteiger partial charge on any atom is -0.386 e. The number of nitrogens with one attached hydrogen (secondary N) is 1. The molecule has 3 fully saturated rings. The van der Waals surface area contributed by atoms with E-state index in [1.54, 1.807) is 54.5 Å². The molecular weight excluding hydrogens is 741 g/mol. The molecule has 8 rings (SSSR count). The van der Waals surface area contributed by atoms with Gasteiger partial charge < -0.3 is 20.2 Å². The Morgan fingerprint density at radius 2 is 1.77 bits per heavy atom. The summed E-state index contributed by atoms with van der Waals surface area (Å²) in [6.45, 7) is 8.04. The number of hydrogen-bond donors (Lipinski definition) is 2. The van der Waals surface area contributed by atoms with Crippen molar-refractivity contribution in [3.8, 4) is 0 Å². The predicted octanol–water partition coefficient (Wildman–Crippen LogP) is 6.27. The van der Waals surface area contributed by atoms with Gasteiger partial charge in [-0.15, -0.1) is 11.3 Å². The van der Waals surface area contributed by atoms with Gasteiger partial charge in [0.15, 0.2) is 5.78 Å². The second kappa shape index (κ2) is 15.5. The van der Waals surface area contributed by atoms with Crippen LogP contribution in [0.25, 0.3) is 21.3 Å². The Balaban J connectivity index is 0.883. The topological polar surface area (TPSA) is 156 Å². The molecule has 1 unspecified atom stereocenters. The van der Waals surface area contributed by atoms with Crippen molar-refractivity contribution < 1.29 is 19.5 Å².